The summed E-state index contributed by atoms with van der Waals surface area (Å²) in [5.74, 6) is 0.224. The summed E-state index contributed by atoms with van der Waals surface area (Å²) in [6, 6.07) is 17.4. The van der Waals surface area contributed by atoms with Gasteiger partial charge in [-0.3, -0.25) is 14.4 Å². The smallest absolute Gasteiger partial charge is 0.316 e. The maximum atomic E-state index is 13.1. The molecule has 0 N–H and O–H groups in total. The lowest BCUT2D eigenvalue weighted by atomic mass is 9.83. The maximum absolute atomic E-state index is 13.1. The summed E-state index contributed by atoms with van der Waals surface area (Å²) in [6.07, 6.45) is 1.99. The van der Waals surface area contributed by atoms with Crippen LogP contribution in [0.4, 0.5) is 0 Å². The predicted octanol–water partition coefficient (Wildman–Crippen LogP) is 4.95. The molecule has 5 nitrogen and oxygen atoms in total. The molecule has 1 amide bonds. The van der Waals surface area contributed by atoms with E-state index >= 15 is 0 Å². The summed E-state index contributed by atoms with van der Waals surface area (Å²) in [5.41, 5.74) is 3.37. The SMILES string of the molecule is CC1CCN(C(=O)COC(=O)CSc2ccc3c4c(cccc24)C(=O)c2ccccc2-3)CC1. The molecule has 0 aromatic heterocycles. The number of amides is 1. The molecule has 3 aromatic carbocycles. The fraction of sp³-hybridized carbons (Fsp3) is 0.296. The topological polar surface area (TPSA) is 63.7 Å². The quantitative estimate of drug-likeness (QED) is 0.312. The number of thioether (sulfide) groups is 1. The molecule has 3 aromatic rings. The van der Waals surface area contributed by atoms with Crippen molar-refractivity contribution in [3.63, 3.8) is 0 Å². The van der Waals surface area contributed by atoms with Crippen LogP contribution in [0.15, 0.2) is 59.5 Å². The van der Waals surface area contributed by atoms with Crippen molar-refractivity contribution in [2.24, 2.45) is 5.92 Å². The Labute approximate surface area is 197 Å². The number of ether oxygens (including phenoxy) is 1. The molecule has 2 aliphatic rings. The normalized spacial score (nSPS) is 15.4. The van der Waals surface area contributed by atoms with Crippen LogP contribution >= 0.6 is 11.8 Å². The third-order valence-corrected chi connectivity index (χ3v) is 7.59. The van der Waals surface area contributed by atoms with E-state index in [1.165, 1.54) is 11.8 Å². The van der Waals surface area contributed by atoms with Gasteiger partial charge in [-0.05, 0) is 41.3 Å². The van der Waals surface area contributed by atoms with E-state index < -0.39 is 5.97 Å². The van der Waals surface area contributed by atoms with Gasteiger partial charge in [0.1, 0.15) is 0 Å². The molecule has 6 heteroatoms. The molecule has 0 radical (unpaired) electrons. The van der Waals surface area contributed by atoms with Crippen molar-refractivity contribution in [2.45, 2.75) is 24.7 Å². The molecule has 0 spiro atoms. The van der Waals surface area contributed by atoms with E-state index in [9.17, 15) is 14.4 Å². The second-order valence-electron chi connectivity index (χ2n) is 8.73. The maximum Gasteiger partial charge on any atom is 0.316 e. The molecular formula is C27H25NO4S. The molecule has 0 atom stereocenters. The number of rotatable bonds is 5. The minimum Gasteiger partial charge on any atom is -0.455 e. The molecule has 1 saturated heterocycles. The first kappa shape index (κ1) is 21.7. The van der Waals surface area contributed by atoms with Gasteiger partial charge in [-0.1, -0.05) is 55.5 Å². The Morgan fingerprint density at radius 3 is 2.45 bits per heavy atom. The molecular weight excluding hydrogens is 434 g/mol. The van der Waals surface area contributed by atoms with Crippen molar-refractivity contribution < 1.29 is 19.1 Å². The van der Waals surface area contributed by atoms with Crippen LogP contribution in [0.5, 0.6) is 0 Å². The number of ketones is 1. The van der Waals surface area contributed by atoms with Crippen LogP contribution < -0.4 is 0 Å². The lowest BCUT2D eigenvalue weighted by Crippen LogP contribution is -2.40. The highest BCUT2D eigenvalue weighted by molar-refractivity contribution is 8.00. The first-order chi connectivity index (χ1) is 16.0. The van der Waals surface area contributed by atoms with E-state index in [4.69, 9.17) is 4.74 Å². The first-order valence-electron chi connectivity index (χ1n) is 11.3. The Kier molecular flexibility index (Phi) is 5.94. The van der Waals surface area contributed by atoms with Gasteiger partial charge in [-0.25, -0.2) is 0 Å². The van der Waals surface area contributed by atoms with Crippen molar-refractivity contribution in [1.29, 1.82) is 0 Å². The third-order valence-electron chi connectivity index (χ3n) is 6.55. The molecule has 0 bridgehead atoms. The molecule has 1 aliphatic heterocycles. The van der Waals surface area contributed by atoms with E-state index in [0.29, 0.717) is 17.0 Å². The second-order valence-corrected chi connectivity index (χ2v) is 9.74. The van der Waals surface area contributed by atoms with Crippen LogP contribution in [0, 0.1) is 5.92 Å². The van der Waals surface area contributed by atoms with Gasteiger partial charge in [-0.2, -0.15) is 0 Å². The van der Waals surface area contributed by atoms with Crippen molar-refractivity contribution in [2.75, 3.05) is 25.4 Å². The Hall–Kier alpha value is -3.12. The van der Waals surface area contributed by atoms with Crippen LogP contribution in [-0.4, -0.2) is 48.0 Å². The summed E-state index contributed by atoms with van der Waals surface area (Å²) in [4.78, 5) is 40.4. The Balaban J connectivity index is 1.29. The Bertz CT molecular complexity index is 1260. The summed E-state index contributed by atoms with van der Waals surface area (Å²) in [6.45, 7) is 3.45. The lowest BCUT2D eigenvalue weighted by molar-refractivity contribution is -0.150. The third kappa shape index (κ3) is 4.15. The van der Waals surface area contributed by atoms with E-state index in [0.717, 1.165) is 52.7 Å². The van der Waals surface area contributed by atoms with Crippen molar-refractivity contribution in [3.05, 3.63) is 65.7 Å². The highest BCUT2D eigenvalue weighted by Gasteiger charge is 2.26. The number of hydrogen-bond donors (Lipinski definition) is 0. The van der Waals surface area contributed by atoms with E-state index in [1.54, 1.807) is 4.90 Å². The number of carbonyl (C=O) groups excluding carboxylic acids is 3. The van der Waals surface area contributed by atoms with Crippen LogP contribution in [0.2, 0.25) is 0 Å². The molecule has 1 aliphatic carbocycles. The predicted molar refractivity (Wildman–Crippen MR) is 129 cm³/mol. The number of benzene rings is 3. The Morgan fingerprint density at radius 2 is 1.67 bits per heavy atom. The second kappa shape index (κ2) is 9.02. The van der Waals surface area contributed by atoms with Crippen LogP contribution in [-0.2, 0) is 14.3 Å². The molecule has 5 rings (SSSR count). The van der Waals surface area contributed by atoms with Crippen LogP contribution in [0.3, 0.4) is 0 Å². The zero-order valence-corrected chi connectivity index (χ0v) is 19.3. The molecule has 0 unspecified atom stereocenters. The molecule has 1 fully saturated rings. The number of piperidine rings is 1. The van der Waals surface area contributed by atoms with Crippen molar-refractivity contribution in [3.8, 4) is 11.1 Å². The average Bonchev–Trinajstić information content (AvgIpc) is 2.85. The highest BCUT2D eigenvalue weighted by Crippen LogP contribution is 2.42. The van der Waals surface area contributed by atoms with Gasteiger partial charge in [-0.15, -0.1) is 11.8 Å². The largest absolute Gasteiger partial charge is 0.455 e. The van der Waals surface area contributed by atoms with Crippen LogP contribution in [0.25, 0.3) is 21.9 Å². The highest BCUT2D eigenvalue weighted by atomic mass is 32.2. The zero-order valence-electron chi connectivity index (χ0n) is 18.5. The standard InChI is InChI=1S/C27H25NO4S/c1-17-11-13-28(14-12-17)24(29)15-32-25(30)16-33-23-10-9-19-18-5-2-3-6-20(18)27(31)22-8-4-7-21(23)26(19)22/h2-10,17H,11-16H2,1H3. The molecule has 168 valence electrons. The number of fused-ring (bicyclic) bond motifs is 2. The minimum absolute atomic E-state index is 0.0240. The van der Waals surface area contributed by atoms with E-state index in [2.05, 4.69) is 6.92 Å². The minimum atomic E-state index is -0.416. The Morgan fingerprint density at radius 1 is 0.939 bits per heavy atom. The van der Waals surface area contributed by atoms with E-state index in [-0.39, 0.29) is 24.1 Å². The van der Waals surface area contributed by atoms with E-state index in [1.807, 2.05) is 54.6 Å². The van der Waals surface area contributed by atoms with Crippen LogP contribution in [0.1, 0.15) is 35.7 Å². The number of likely N-dealkylation sites (tertiary alicyclic amines) is 1. The van der Waals surface area contributed by atoms with Gasteiger partial charge >= 0.3 is 5.97 Å². The molecule has 33 heavy (non-hydrogen) atoms. The number of carbonyl (C=O) groups is 3. The first-order valence-corrected chi connectivity index (χ1v) is 12.3. The molecule has 1 heterocycles. The summed E-state index contributed by atoms with van der Waals surface area (Å²) >= 11 is 1.37. The summed E-state index contributed by atoms with van der Waals surface area (Å²) < 4.78 is 5.26. The fourth-order valence-electron chi connectivity index (χ4n) is 4.65. The van der Waals surface area contributed by atoms with Gasteiger partial charge in [0, 0.05) is 34.5 Å². The molecule has 0 saturated carbocycles. The average molecular weight is 460 g/mol. The van der Waals surface area contributed by atoms with Crippen molar-refractivity contribution >= 4 is 40.2 Å². The van der Waals surface area contributed by atoms with Gasteiger partial charge in [0.2, 0.25) is 0 Å². The van der Waals surface area contributed by atoms with Gasteiger partial charge in [0.15, 0.2) is 12.4 Å². The number of nitrogens with zero attached hydrogens (tertiary/aromatic N) is 1. The lowest BCUT2D eigenvalue weighted by Gasteiger charge is -2.30. The number of esters is 1. The fourth-order valence-corrected chi connectivity index (χ4v) is 5.50. The van der Waals surface area contributed by atoms with Crippen molar-refractivity contribution in [1.82, 2.24) is 4.90 Å². The number of hydrogen-bond acceptors (Lipinski definition) is 5. The monoisotopic (exact) mass is 459 g/mol. The van der Waals surface area contributed by atoms with Gasteiger partial charge in [0.25, 0.3) is 5.91 Å². The zero-order chi connectivity index (χ0) is 22.9. The summed E-state index contributed by atoms with van der Waals surface area (Å²) in [5, 5.41) is 1.87. The van der Waals surface area contributed by atoms with Gasteiger partial charge in [0.05, 0.1) is 5.75 Å². The summed E-state index contributed by atoms with van der Waals surface area (Å²) in [7, 11) is 0. The van der Waals surface area contributed by atoms with Gasteiger partial charge < -0.3 is 9.64 Å².